The Morgan fingerprint density at radius 1 is 1.06 bits per heavy atom. The summed E-state index contributed by atoms with van der Waals surface area (Å²) in [6, 6.07) is 11.4. The number of amides is 4. The number of rotatable bonds is 8. The average molecular weight is 436 g/mol. The van der Waals surface area contributed by atoms with Crippen molar-refractivity contribution in [3.05, 3.63) is 54.2 Å². The number of aromatic nitrogens is 1. The Hall–Kier alpha value is -4.01. The number of carbonyl (C=O) groups excluding carboxylic acids is 3. The van der Waals surface area contributed by atoms with Gasteiger partial charge in [-0.15, -0.1) is 0 Å². The van der Waals surface area contributed by atoms with Crippen molar-refractivity contribution in [2.24, 2.45) is 0 Å². The molecule has 9 nitrogen and oxygen atoms in total. The number of urea groups is 1. The Labute approximate surface area is 184 Å². The van der Waals surface area contributed by atoms with E-state index in [1.165, 1.54) is 0 Å². The molecule has 1 fully saturated rings. The van der Waals surface area contributed by atoms with E-state index < -0.39 is 18.0 Å². The van der Waals surface area contributed by atoms with E-state index in [0.29, 0.717) is 23.6 Å². The third kappa shape index (κ3) is 4.36. The molecule has 0 unspecified atom stereocenters. The Morgan fingerprint density at radius 3 is 2.66 bits per heavy atom. The minimum absolute atomic E-state index is 0.136. The summed E-state index contributed by atoms with van der Waals surface area (Å²) >= 11 is 0. The van der Waals surface area contributed by atoms with E-state index in [9.17, 15) is 14.4 Å². The average Bonchev–Trinajstić information content (AvgIpc) is 3.35. The van der Waals surface area contributed by atoms with Gasteiger partial charge in [-0.3, -0.25) is 14.5 Å². The van der Waals surface area contributed by atoms with Crippen LogP contribution in [0.5, 0.6) is 11.5 Å². The molecule has 1 aromatic heterocycles. The van der Waals surface area contributed by atoms with Gasteiger partial charge in [0.25, 0.3) is 5.91 Å². The lowest BCUT2D eigenvalue weighted by Gasteiger charge is -2.14. The van der Waals surface area contributed by atoms with Crippen LogP contribution in [0.1, 0.15) is 12.0 Å². The lowest BCUT2D eigenvalue weighted by atomic mass is 10.1. The number of benzene rings is 2. The fourth-order valence-electron chi connectivity index (χ4n) is 3.73. The first-order chi connectivity index (χ1) is 15.5. The largest absolute Gasteiger partial charge is 0.493 e. The van der Waals surface area contributed by atoms with Crippen LogP contribution < -0.4 is 20.1 Å². The Bertz CT molecular complexity index is 1170. The molecule has 4 rings (SSSR count). The smallest absolute Gasteiger partial charge is 0.324 e. The van der Waals surface area contributed by atoms with Crippen LogP contribution >= 0.6 is 0 Å². The van der Waals surface area contributed by atoms with Gasteiger partial charge in [0.05, 0.1) is 20.6 Å². The zero-order chi connectivity index (χ0) is 22.7. The number of H-pyrrole nitrogens is 1. The molecule has 0 aliphatic carbocycles. The number of methoxy groups -OCH3 is 2. The molecule has 1 saturated heterocycles. The second kappa shape index (κ2) is 9.01. The van der Waals surface area contributed by atoms with Gasteiger partial charge >= 0.3 is 6.03 Å². The van der Waals surface area contributed by atoms with Crippen LogP contribution in [0.2, 0.25) is 0 Å². The summed E-state index contributed by atoms with van der Waals surface area (Å²) in [7, 11) is 3.10. The van der Waals surface area contributed by atoms with Crippen molar-refractivity contribution in [3.8, 4) is 11.5 Å². The SMILES string of the molecule is COc1ccc(CCN2C(=O)N[C@H](CC(=O)Nc3ccc4[nH]ccc4c3)C2=O)cc1OC. The number of nitrogens with one attached hydrogen (secondary N) is 3. The predicted molar refractivity (Wildman–Crippen MR) is 119 cm³/mol. The zero-order valence-corrected chi connectivity index (χ0v) is 17.8. The van der Waals surface area contributed by atoms with Crippen molar-refractivity contribution in [2.45, 2.75) is 18.9 Å². The molecule has 32 heavy (non-hydrogen) atoms. The molecule has 2 aromatic carbocycles. The maximum Gasteiger partial charge on any atom is 0.324 e. The highest BCUT2D eigenvalue weighted by atomic mass is 16.5. The summed E-state index contributed by atoms with van der Waals surface area (Å²) in [5.41, 5.74) is 2.49. The van der Waals surface area contributed by atoms with E-state index in [2.05, 4.69) is 15.6 Å². The second-order valence-electron chi connectivity index (χ2n) is 7.46. The summed E-state index contributed by atoms with van der Waals surface area (Å²) in [6.07, 6.45) is 2.14. The fraction of sp³-hybridized carbons (Fsp3) is 0.261. The van der Waals surface area contributed by atoms with Gasteiger partial charge in [-0.2, -0.15) is 0 Å². The number of carbonyl (C=O) groups is 3. The van der Waals surface area contributed by atoms with Crippen LogP contribution in [-0.4, -0.2) is 54.5 Å². The summed E-state index contributed by atoms with van der Waals surface area (Å²) in [6.45, 7) is 0.197. The van der Waals surface area contributed by atoms with Gasteiger partial charge in [0.1, 0.15) is 6.04 Å². The van der Waals surface area contributed by atoms with Gasteiger partial charge in [-0.25, -0.2) is 4.79 Å². The van der Waals surface area contributed by atoms with Crippen LogP contribution in [0.3, 0.4) is 0 Å². The Morgan fingerprint density at radius 2 is 1.88 bits per heavy atom. The third-order valence-corrected chi connectivity index (χ3v) is 5.41. The number of fused-ring (bicyclic) bond motifs is 1. The highest BCUT2D eigenvalue weighted by Crippen LogP contribution is 2.28. The van der Waals surface area contributed by atoms with Gasteiger partial charge in [0.15, 0.2) is 11.5 Å². The van der Waals surface area contributed by atoms with Crippen molar-refractivity contribution in [2.75, 3.05) is 26.1 Å². The molecule has 2 heterocycles. The molecule has 3 aromatic rings. The number of ether oxygens (including phenoxy) is 2. The molecule has 1 atom stereocenters. The molecular formula is C23H24N4O5. The highest BCUT2D eigenvalue weighted by molar-refractivity contribution is 6.07. The van der Waals surface area contributed by atoms with Crippen LogP contribution in [-0.2, 0) is 16.0 Å². The zero-order valence-electron chi connectivity index (χ0n) is 17.8. The molecule has 166 valence electrons. The summed E-state index contributed by atoms with van der Waals surface area (Å²) in [4.78, 5) is 41.7. The molecule has 4 amide bonds. The lowest BCUT2D eigenvalue weighted by Crippen LogP contribution is -2.34. The molecule has 0 bridgehead atoms. The molecule has 1 aliphatic rings. The summed E-state index contributed by atoms with van der Waals surface area (Å²) in [5, 5.41) is 6.35. The molecule has 0 radical (unpaired) electrons. The normalized spacial score (nSPS) is 15.7. The number of hydrogen-bond donors (Lipinski definition) is 3. The van der Waals surface area contributed by atoms with E-state index in [4.69, 9.17) is 9.47 Å². The van der Waals surface area contributed by atoms with Gasteiger partial charge in [0, 0.05) is 29.3 Å². The van der Waals surface area contributed by atoms with E-state index in [-0.39, 0.29) is 18.9 Å². The van der Waals surface area contributed by atoms with E-state index >= 15 is 0 Å². The van der Waals surface area contributed by atoms with Gasteiger partial charge < -0.3 is 25.1 Å². The third-order valence-electron chi connectivity index (χ3n) is 5.41. The van der Waals surface area contributed by atoms with Crippen LogP contribution in [0, 0.1) is 0 Å². The Kier molecular flexibility index (Phi) is 5.98. The lowest BCUT2D eigenvalue weighted by molar-refractivity contribution is -0.129. The standard InChI is InChI=1S/C23H24N4O5/c1-31-19-6-3-14(11-20(19)32-2)8-10-27-22(29)18(26-23(27)30)13-21(28)25-16-4-5-17-15(12-16)7-9-24-17/h3-7,9,11-12,18,24H,8,10,13H2,1-2H3,(H,25,28)(H,26,30)/t18-/m1/s1. The maximum atomic E-state index is 12.7. The van der Waals surface area contributed by atoms with Gasteiger partial charge in [-0.05, 0) is 48.4 Å². The number of aromatic amines is 1. The molecule has 1 aliphatic heterocycles. The maximum absolute atomic E-state index is 12.7. The number of hydrogen-bond acceptors (Lipinski definition) is 5. The van der Waals surface area contributed by atoms with Crippen LogP contribution in [0.25, 0.3) is 10.9 Å². The minimum atomic E-state index is -0.885. The van der Waals surface area contributed by atoms with E-state index in [0.717, 1.165) is 21.4 Å². The first-order valence-corrected chi connectivity index (χ1v) is 10.2. The van der Waals surface area contributed by atoms with Gasteiger partial charge in [0.2, 0.25) is 5.91 Å². The molecule has 3 N–H and O–H groups in total. The van der Waals surface area contributed by atoms with Crippen LogP contribution in [0.15, 0.2) is 48.7 Å². The van der Waals surface area contributed by atoms with Crippen molar-refractivity contribution in [1.82, 2.24) is 15.2 Å². The van der Waals surface area contributed by atoms with E-state index in [1.54, 1.807) is 26.4 Å². The topological polar surface area (TPSA) is 113 Å². The quantitative estimate of drug-likeness (QED) is 0.470. The summed E-state index contributed by atoms with van der Waals surface area (Å²) in [5.74, 6) is 0.425. The first-order valence-electron chi connectivity index (χ1n) is 10.2. The minimum Gasteiger partial charge on any atom is -0.493 e. The van der Waals surface area contributed by atoms with Crippen molar-refractivity contribution in [3.63, 3.8) is 0 Å². The molecule has 0 saturated carbocycles. The molecular weight excluding hydrogens is 412 g/mol. The van der Waals surface area contributed by atoms with Gasteiger partial charge in [-0.1, -0.05) is 6.07 Å². The Balaban J connectivity index is 1.34. The first kappa shape index (κ1) is 21.2. The fourth-order valence-corrected chi connectivity index (χ4v) is 3.73. The summed E-state index contributed by atoms with van der Waals surface area (Å²) < 4.78 is 10.5. The van der Waals surface area contributed by atoms with Crippen molar-refractivity contribution >= 4 is 34.4 Å². The number of anilines is 1. The monoisotopic (exact) mass is 436 g/mol. The molecule has 9 heteroatoms. The highest BCUT2D eigenvalue weighted by Gasteiger charge is 2.38. The second-order valence-corrected chi connectivity index (χ2v) is 7.46. The molecule has 0 spiro atoms. The van der Waals surface area contributed by atoms with Crippen LogP contribution in [0.4, 0.5) is 10.5 Å². The number of imide groups is 1. The van der Waals surface area contributed by atoms with Crippen molar-refractivity contribution < 1.29 is 23.9 Å². The van der Waals surface area contributed by atoms with Crippen molar-refractivity contribution in [1.29, 1.82) is 0 Å². The van der Waals surface area contributed by atoms with E-state index in [1.807, 2.05) is 36.5 Å². The predicted octanol–water partition coefficient (Wildman–Crippen LogP) is 2.68. The number of nitrogens with zero attached hydrogens (tertiary/aromatic N) is 1.